The lowest BCUT2D eigenvalue weighted by Gasteiger charge is -2.21. The van der Waals surface area contributed by atoms with Crippen molar-refractivity contribution in [3.63, 3.8) is 0 Å². The number of benzene rings is 1. The fourth-order valence-corrected chi connectivity index (χ4v) is 2.10. The Morgan fingerprint density at radius 1 is 1.25 bits per heavy atom. The second-order valence-corrected chi connectivity index (χ2v) is 4.73. The van der Waals surface area contributed by atoms with Crippen LogP contribution in [0.15, 0.2) is 36.5 Å². The van der Waals surface area contributed by atoms with Gasteiger partial charge in [0.1, 0.15) is 0 Å². The van der Waals surface area contributed by atoms with Crippen molar-refractivity contribution < 1.29 is 13.2 Å². The fourth-order valence-electron chi connectivity index (χ4n) is 2.10. The van der Waals surface area contributed by atoms with E-state index in [0.717, 1.165) is 0 Å². The highest BCUT2D eigenvalue weighted by molar-refractivity contribution is 5.47. The highest BCUT2D eigenvalue weighted by atomic mass is 19.4. The van der Waals surface area contributed by atoms with Gasteiger partial charge < -0.3 is 5.32 Å². The van der Waals surface area contributed by atoms with E-state index in [-0.39, 0.29) is 0 Å². The first-order chi connectivity index (χ1) is 9.35. The highest BCUT2D eigenvalue weighted by Gasteiger charge is 2.33. The van der Waals surface area contributed by atoms with Crippen molar-refractivity contribution in [3.05, 3.63) is 47.8 Å². The summed E-state index contributed by atoms with van der Waals surface area (Å²) in [5.41, 5.74) is 1.90. The van der Waals surface area contributed by atoms with Crippen LogP contribution in [0.5, 0.6) is 0 Å². The van der Waals surface area contributed by atoms with Crippen LogP contribution in [0.4, 0.5) is 18.9 Å². The average Bonchev–Trinajstić information content (AvgIpc) is 2.66. The summed E-state index contributed by atoms with van der Waals surface area (Å²) in [5, 5.41) is 7.06. The van der Waals surface area contributed by atoms with E-state index in [1.165, 1.54) is 0 Å². The lowest BCUT2D eigenvalue weighted by Crippen LogP contribution is -2.20. The van der Waals surface area contributed by atoms with Gasteiger partial charge in [0.2, 0.25) is 0 Å². The summed E-state index contributed by atoms with van der Waals surface area (Å²) in [6.45, 7) is 1.76. The largest absolute Gasteiger partial charge is 0.391 e. The Morgan fingerprint density at radius 2 is 1.90 bits per heavy atom. The van der Waals surface area contributed by atoms with Gasteiger partial charge in [0.25, 0.3) is 0 Å². The molecule has 3 nitrogen and oxygen atoms in total. The number of rotatable bonds is 4. The first-order valence-electron chi connectivity index (χ1n) is 6.23. The smallest absolute Gasteiger partial charge is 0.375 e. The molecule has 1 atom stereocenters. The third-order valence-electron chi connectivity index (χ3n) is 2.98. The molecule has 1 heterocycles. The van der Waals surface area contributed by atoms with Gasteiger partial charge in [-0.2, -0.15) is 18.3 Å². The summed E-state index contributed by atoms with van der Waals surface area (Å²) < 4.78 is 39.8. The van der Waals surface area contributed by atoms with Crippen LogP contribution in [0.1, 0.15) is 23.7 Å². The third-order valence-corrected chi connectivity index (χ3v) is 2.98. The number of hydrogen-bond donors (Lipinski definition) is 1. The van der Waals surface area contributed by atoms with E-state index < -0.39 is 18.6 Å². The van der Waals surface area contributed by atoms with Gasteiger partial charge in [0, 0.05) is 13.2 Å². The van der Waals surface area contributed by atoms with Crippen LogP contribution in [0.2, 0.25) is 0 Å². The summed E-state index contributed by atoms with van der Waals surface area (Å²) in [7, 11) is 1.74. The topological polar surface area (TPSA) is 29.9 Å². The number of nitrogens with zero attached hydrogens (tertiary/aromatic N) is 2. The van der Waals surface area contributed by atoms with E-state index in [2.05, 4.69) is 10.4 Å². The maximum absolute atomic E-state index is 12.7. The van der Waals surface area contributed by atoms with Gasteiger partial charge in [-0.25, -0.2) is 0 Å². The van der Waals surface area contributed by atoms with E-state index in [0.29, 0.717) is 16.9 Å². The molecule has 108 valence electrons. The number of aromatic nitrogens is 2. The minimum atomic E-state index is -4.23. The molecule has 2 aromatic rings. The Hall–Kier alpha value is -1.98. The second kappa shape index (κ2) is 5.56. The molecule has 0 aliphatic carbocycles. The van der Waals surface area contributed by atoms with Gasteiger partial charge in [-0.15, -0.1) is 0 Å². The van der Waals surface area contributed by atoms with Crippen LogP contribution < -0.4 is 5.32 Å². The zero-order valence-corrected chi connectivity index (χ0v) is 11.3. The monoisotopic (exact) mass is 283 g/mol. The molecule has 0 saturated heterocycles. The van der Waals surface area contributed by atoms with E-state index in [4.69, 9.17) is 0 Å². The van der Waals surface area contributed by atoms with Crippen molar-refractivity contribution >= 4 is 5.69 Å². The van der Waals surface area contributed by atoms with Crippen molar-refractivity contribution in [1.82, 2.24) is 9.78 Å². The second-order valence-electron chi connectivity index (χ2n) is 4.73. The van der Waals surface area contributed by atoms with Gasteiger partial charge in [0.15, 0.2) is 0 Å². The predicted octanol–water partition coefficient (Wildman–Crippen LogP) is 3.83. The standard InChI is InChI=1S/C14H16F3N3/c1-10-13(9-20(2)19-10)18-12(8-14(15,16)17)11-6-4-3-5-7-11/h3-7,9,12,18H,8H2,1-2H3. The van der Waals surface area contributed by atoms with Gasteiger partial charge in [0.05, 0.1) is 23.8 Å². The molecule has 0 fully saturated rings. The minimum Gasteiger partial charge on any atom is -0.375 e. The Bertz CT molecular complexity index is 561. The van der Waals surface area contributed by atoms with Gasteiger partial charge in [-0.1, -0.05) is 30.3 Å². The van der Waals surface area contributed by atoms with Crippen LogP contribution in [0, 0.1) is 6.92 Å². The van der Waals surface area contributed by atoms with Crippen molar-refractivity contribution in [1.29, 1.82) is 0 Å². The number of halogens is 3. The quantitative estimate of drug-likeness (QED) is 0.924. The minimum absolute atomic E-state index is 0.605. The Morgan fingerprint density at radius 3 is 2.40 bits per heavy atom. The molecular weight excluding hydrogens is 267 g/mol. The molecule has 0 amide bonds. The zero-order chi connectivity index (χ0) is 14.8. The molecule has 0 spiro atoms. The molecule has 1 N–H and O–H groups in total. The van der Waals surface area contributed by atoms with Crippen LogP contribution in [-0.4, -0.2) is 16.0 Å². The molecule has 0 saturated carbocycles. The molecule has 1 unspecified atom stereocenters. The maximum Gasteiger partial charge on any atom is 0.391 e. The number of anilines is 1. The van der Waals surface area contributed by atoms with Crippen molar-refractivity contribution in [2.45, 2.75) is 25.6 Å². The van der Waals surface area contributed by atoms with Crippen molar-refractivity contribution in [2.24, 2.45) is 7.05 Å². The third kappa shape index (κ3) is 3.76. The molecular formula is C14H16F3N3. The Balaban J connectivity index is 2.25. The van der Waals surface area contributed by atoms with Gasteiger partial charge in [-0.05, 0) is 12.5 Å². The first kappa shape index (κ1) is 14.4. The lowest BCUT2D eigenvalue weighted by molar-refractivity contribution is -0.137. The molecule has 0 aliphatic heterocycles. The van der Waals surface area contributed by atoms with E-state index in [9.17, 15) is 13.2 Å². The van der Waals surface area contributed by atoms with E-state index in [1.807, 2.05) is 0 Å². The fraction of sp³-hybridized carbons (Fsp3) is 0.357. The van der Waals surface area contributed by atoms with Crippen LogP contribution >= 0.6 is 0 Å². The Kier molecular flexibility index (Phi) is 4.01. The molecule has 0 aliphatic rings. The summed E-state index contributed by atoms with van der Waals surface area (Å²) in [5.74, 6) is 0. The molecule has 1 aromatic heterocycles. The number of nitrogens with one attached hydrogen (secondary N) is 1. The average molecular weight is 283 g/mol. The number of hydrogen-bond acceptors (Lipinski definition) is 2. The first-order valence-corrected chi connectivity index (χ1v) is 6.23. The summed E-state index contributed by atoms with van der Waals surface area (Å²) in [6.07, 6.45) is -3.48. The predicted molar refractivity (Wildman–Crippen MR) is 71.4 cm³/mol. The summed E-state index contributed by atoms with van der Waals surface area (Å²) >= 11 is 0. The maximum atomic E-state index is 12.7. The molecule has 0 radical (unpaired) electrons. The Labute approximate surface area is 115 Å². The summed E-state index contributed by atoms with van der Waals surface area (Å²) in [6, 6.07) is 7.81. The molecule has 6 heteroatoms. The van der Waals surface area contributed by atoms with Crippen LogP contribution in [0.25, 0.3) is 0 Å². The summed E-state index contributed by atoms with van der Waals surface area (Å²) in [4.78, 5) is 0. The number of alkyl halides is 3. The zero-order valence-electron chi connectivity index (χ0n) is 11.3. The molecule has 20 heavy (non-hydrogen) atoms. The normalized spacial score (nSPS) is 13.2. The number of aryl methyl sites for hydroxylation is 2. The van der Waals surface area contributed by atoms with Crippen LogP contribution in [0.3, 0.4) is 0 Å². The molecule has 0 bridgehead atoms. The van der Waals surface area contributed by atoms with Crippen molar-refractivity contribution in [2.75, 3.05) is 5.32 Å². The van der Waals surface area contributed by atoms with Crippen molar-refractivity contribution in [3.8, 4) is 0 Å². The molecule has 2 rings (SSSR count). The van der Waals surface area contributed by atoms with E-state index in [1.54, 1.807) is 55.2 Å². The lowest BCUT2D eigenvalue weighted by atomic mass is 10.0. The van der Waals surface area contributed by atoms with Gasteiger partial charge >= 0.3 is 6.18 Å². The highest BCUT2D eigenvalue weighted by Crippen LogP contribution is 2.32. The van der Waals surface area contributed by atoms with Crippen LogP contribution in [-0.2, 0) is 7.05 Å². The van der Waals surface area contributed by atoms with E-state index >= 15 is 0 Å². The molecule has 1 aromatic carbocycles. The SMILES string of the molecule is Cc1nn(C)cc1NC(CC(F)(F)F)c1ccccc1. The van der Waals surface area contributed by atoms with Gasteiger partial charge in [-0.3, -0.25) is 4.68 Å².